The summed E-state index contributed by atoms with van der Waals surface area (Å²) >= 11 is 9.49. The Hall–Kier alpha value is -0.830. The molecule has 0 aliphatic rings. The van der Waals surface area contributed by atoms with Gasteiger partial charge in [0.1, 0.15) is 0 Å². The summed E-state index contributed by atoms with van der Waals surface area (Å²) in [6, 6.07) is 14.3. The summed E-state index contributed by atoms with van der Waals surface area (Å²) in [6.45, 7) is 3.77. The molecular weight excluding hydrogens is 310 g/mol. The van der Waals surface area contributed by atoms with Gasteiger partial charge in [0.05, 0.1) is 0 Å². The van der Waals surface area contributed by atoms with Crippen LogP contribution < -0.4 is 5.32 Å². The molecule has 0 bridgehead atoms. The van der Waals surface area contributed by atoms with E-state index < -0.39 is 0 Å². The van der Waals surface area contributed by atoms with Crippen LogP contribution in [0.2, 0.25) is 5.02 Å². The van der Waals surface area contributed by atoms with Gasteiger partial charge in [-0.05, 0) is 41.8 Å². The molecule has 1 nitrogen and oxygen atoms in total. The Kier molecular flexibility index (Phi) is 4.81. The molecular formula is C15H15BrClN. The lowest BCUT2D eigenvalue weighted by Gasteiger charge is -2.07. The van der Waals surface area contributed by atoms with Gasteiger partial charge in [0.25, 0.3) is 0 Å². The number of hydrogen-bond acceptors (Lipinski definition) is 1. The molecule has 94 valence electrons. The fourth-order valence-electron chi connectivity index (χ4n) is 1.74. The maximum atomic E-state index is 5.94. The summed E-state index contributed by atoms with van der Waals surface area (Å²) in [5.74, 6) is 0. The van der Waals surface area contributed by atoms with E-state index in [1.165, 1.54) is 16.7 Å². The van der Waals surface area contributed by atoms with E-state index in [2.05, 4.69) is 52.4 Å². The minimum absolute atomic E-state index is 0.785. The molecule has 1 N–H and O–H groups in total. The van der Waals surface area contributed by atoms with E-state index in [4.69, 9.17) is 11.6 Å². The van der Waals surface area contributed by atoms with Gasteiger partial charge >= 0.3 is 0 Å². The predicted octanol–water partition coefficient (Wildman–Crippen LogP) is 4.70. The molecule has 0 amide bonds. The average Bonchev–Trinajstić information content (AvgIpc) is 2.34. The van der Waals surface area contributed by atoms with Gasteiger partial charge in [0.2, 0.25) is 0 Å². The number of aryl methyl sites for hydroxylation is 1. The van der Waals surface area contributed by atoms with Crippen LogP contribution >= 0.6 is 27.5 Å². The second-order valence-electron chi connectivity index (χ2n) is 4.32. The highest BCUT2D eigenvalue weighted by Gasteiger charge is 1.98. The van der Waals surface area contributed by atoms with E-state index in [-0.39, 0.29) is 0 Å². The quantitative estimate of drug-likeness (QED) is 0.859. The van der Waals surface area contributed by atoms with Crippen molar-refractivity contribution < 1.29 is 0 Å². The fraction of sp³-hybridized carbons (Fsp3) is 0.200. The molecule has 0 fully saturated rings. The van der Waals surface area contributed by atoms with Crippen LogP contribution in [0.3, 0.4) is 0 Å². The molecule has 2 aromatic carbocycles. The first-order valence-corrected chi connectivity index (χ1v) is 7.02. The van der Waals surface area contributed by atoms with Gasteiger partial charge in [0, 0.05) is 22.6 Å². The van der Waals surface area contributed by atoms with Gasteiger partial charge in [0.15, 0.2) is 0 Å². The van der Waals surface area contributed by atoms with E-state index in [1.807, 2.05) is 18.2 Å². The van der Waals surface area contributed by atoms with E-state index in [0.717, 1.165) is 22.6 Å². The molecule has 0 radical (unpaired) electrons. The molecule has 0 aliphatic carbocycles. The van der Waals surface area contributed by atoms with Crippen molar-refractivity contribution in [1.82, 2.24) is 5.32 Å². The molecule has 0 unspecified atom stereocenters. The zero-order valence-corrected chi connectivity index (χ0v) is 12.6. The highest BCUT2D eigenvalue weighted by Crippen LogP contribution is 2.17. The minimum atomic E-state index is 0.785. The SMILES string of the molecule is Cc1ccc(CNCc2cccc(Cl)c2)cc1Br. The van der Waals surface area contributed by atoms with Crippen molar-refractivity contribution >= 4 is 27.5 Å². The molecule has 0 saturated carbocycles. The average molecular weight is 325 g/mol. The molecule has 0 saturated heterocycles. The molecule has 0 spiro atoms. The third-order valence-electron chi connectivity index (χ3n) is 2.78. The van der Waals surface area contributed by atoms with Crippen molar-refractivity contribution in [1.29, 1.82) is 0 Å². The van der Waals surface area contributed by atoms with E-state index >= 15 is 0 Å². The normalized spacial score (nSPS) is 10.6. The maximum absolute atomic E-state index is 5.94. The number of benzene rings is 2. The minimum Gasteiger partial charge on any atom is -0.309 e. The van der Waals surface area contributed by atoms with Crippen LogP contribution in [0.15, 0.2) is 46.9 Å². The van der Waals surface area contributed by atoms with Crippen LogP contribution in [0.25, 0.3) is 0 Å². The third-order valence-corrected chi connectivity index (χ3v) is 3.87. The number of rotatable bonds is 4. The van der Waals surface area contributed by atoms with E-state index in [0.29, 0.717) is 0 Å². The van der Waals surface area contributed by atoms with Crippen LogP contribution in [0.1, 0.15) is 16.7 Å². The lowest BCUT2D eigenvalue weighted by Crippen LogP contribution is -2.12. The van der Waals surface area contributed by atoms with Crippen LogP contribution in [0, 0.1) is 6.92 Å². The fourth-order valence-corrected chi connectivity index (χ4v) is 2.38. The summed E-state index contributed by atoms with van der Waals surface area (Å²) in [5.41, 5.74) is 3.73. The van der Waals surface area contributed by atoms with Gasteiger partial charge in [-0.15, -0.1) is 0 Å². The Morgan fingerprint density at radius 3 is 2.44 bits per heavy atom. The Morgan fingerprint density at radius 2 is 1.78 bits per heavy atom. The zero-order valence-electron chi connectivity index (χ0n) is 10.2. The topological polar surface area (TPSA) is 12.0 Å². The van der Waals surface area contributed by atoms with Crippen molar-refractivity contribution in [3.8, 4) is 0 Å². The van der Waals surface area contributed by atoms with Crippen molar-refractivity contribution in [3.63, 3.8) is 0 Å². The van der Waals surface area contributed by atoms with Crippen LogP contribution in [-0.4, -0.2) is 0 Å². The molecule has 2 rings (SSSR count). The first kappa shape index (κ1) is 13.6. The van der Waals surface area contributed by atoms with Crippen molar-refractivity contribution in [2.75, 3.05) is 0 Å². The van der Waals surface area contributed by atoms with Crippen molar-refractivity contribution in [3.05, 3.63) is 68.7 Å². The maximum Gasteiger partial charge on any atom is 0.0409 e. The van der Waals surface area contributed by atoms with Crippen molar-refractivity contribution in [2.24, 2.45) is 0 Å². The molecule has 3 heteroatoms. The second-order valence-corrected chi connectivity index (χ2v) is 5.61. The third kappa shape index (κ3) is 3.84. The molecule has 2 aromatic rings. The Labute approximate surface area is 121 Å². The first-order valence-electron chi connectivity index (χ1n) is 5.85. The zero-order chi connectivity index (χ0) is 13.0. The van der Waals surface area contributed by atoms with Gasteiger partial charge < -0.3 is 5.32 Å². The Morgan fingerprint density at radius 1 is 1.06 bits per heavy atom. The smallest absolute Gasteiger partial charge is 0.0409 e. The summed E-state index contributed by atoms with van der Waals surface area (Å²) in [7, 11) is 0. The second kappa shape index (κ2) is 6.37. The summed E-state index contributed by atoms with van der Waals surface area (Å²) in [6.07, 6.45) is 0. The highest BCUT2D eigenvalue weighted by molar-refractivity contribution is 9.10. The van der Waals surface area contributed by atoms with Crippen molar-refractivity contribution in [2.45, 2.75) is 20.0 Å². The number of halogens is 2. The molecule has 0 heterocycles. The lowest BCUT2D eigenvalue weighted by molar-refractivity contribution is 0.693. The van der Waals surface area contributed by atoms with E-state index in [1.54, 1.807) is 0 Å². The molecule has 0 atom stereocenters. The van der Waals surface area contributed by atoms with Gasteiger partial charge in [-0.1, -0.05) is 51.8 Å². The molecule has 18 heavy (non-hydrogen) atoms. The summed E-state index contributed by atoms with van der Waals surface area (Å²) in [5, 5.41) is 4.20. The van der Waals surface area contributed by atoms with Gasteiger partial charge in [-0.3, -0.25) is 0 Å². The van der Waals surface area contributed by atoms with Gasteiger partial charge in [-0.2, -0.15) is 0 Å². The standard InChI is InChI=1S/C15H15BrClN/c1-11-5-6-13(8-15(11)16)10-18-9-12-3-2-4-14(17)7-12/h2-8,18H,9-10H2,1H3. The predicted molar refractivity (Wildman–Crippen MR) is 80.9 cm³/mol. The molecule has 0 aromatic heterocycles. The number of hydrogen-bond donors (Lipinski definition) is 1. The van der Waals surface area contributed by atoms with Crippen LogP contribution in [0.4, 0.5) is 0 Å². The Balaban J connectivity index is 1.90. The van der Waals surface area contributed by atoms with Crippen LogP contribution in [0.5, 0.6) is 0 Å². The van der Waals surface area contributed by atoms with Gasteiger partial charge in [-0.25, -0.2) is 0 Å². The number of nitrogens with one attached hydrogen (secondary N) is 1. The molecule has 0 aliphatic heterocycles. The highest BCUT2D eigenvalue weighted by atomic mass is 79.9. The Bertz CT molecular complexity index is 540. The van der Waals surface area contributed by atoms with E-state index in [9.17, 15) is 0 Å². The summed E-state index contributed by atoms with van der Waals surface area (Å²) < 4.78 is 1.16. The lowest BCUT2D eigenvalue weighted by atomic mass is 10.1. The first-order chi connectivity index (χ1) is 8.65. The summed E-state index contributed by atoms with van der Waals surface area (Å²) in [4.78, 5) is 0. The monoisotopic (exact) mass is 323 g/mol. The largest absolute Gasteiger partial charge is 0.309 e. The van der Waals surface area contributed by atoms with Crippen LogP contribution in [-0.2, 0) is 13.1 Å².